The summed E-state index contributed by atoms with van der Waals surface area (Å²) in [7, 11) is 0. The van der Waals surface area contributed by atoms with E-state index in [0.717, 1.165) is 19.3 Å². The maximum atomic E-state index is 11.7. The van der Waals surface area contributed by atoms with Crippen LogP contribution in [0.5, 0.6) is 0 Å². The second-order valence-corrected chi connectivity index (χ2v) is 4.21. The first-order valence-corrected chi connectivity index (χ1v) is 5.61. The van der Waals surface area contributed by atoms with Crippen molar-refractivity contribution in [2.45, 2.75) is 51.5 Å². The quantitative estimate of drug-likeness (QED) is 0.728. The van der Waals surface area contributed by atoms with Gasteiger partial charge in [-0.05, 0) is 25.7 Å². The number of hydrogen-bond acceptors (Lipinski definition) is 2. The SMILES string of the molecule is CCC(CC)(NC(=O)C1CCC1)C(=O)O. The van der Waals surface area contributed by atoms with Crippen LogP contribution in [0.25, 0.3) is 0 Å². The molecule has 0 heterocycles. The van der Waals surface area contributed by atoms with E-state index in [0.29, 0.717) is 12.8 Å². The van der Waals surface area contributed by atoms with Crippen molar-refractivity contribution in [2.75, 3.05) is 0 Å². The molecule has 0 aromatic heterocycles. The van der Waals surface area contributed by atoms with Gasteiger partial charge in [0.1, 0.15) is 5.54 Å². The predicted octanol–water partition coefficient (Wildman–Crippen LogP) is 1.55. The molecular weight excluding hydrogens is 194 g/mol. The first-order chi connectivity index (χ1) is 7.05. The molecule has 0 atom stereocenters. The van der Waals surface area contributed by atoms with Crippen LogP contribution in [0.2, 0.25) is 0 Å². The zero-order chi connectivity index (χ0) is 11.5. The summed E-state index contributed by atoms with van der Waals surface area (Å²) in [6.07, 6.45) is 3.73. The fraction of sp³-hybridized carbons (Fsp3) is 0.818. The topological polar surface area (TPSA) is 66.4 Å². The van der Waals surface area contributed by atoms with E-state index in [-0.39, 0.29) is 11.8 Å². The molecule has 1 aliphatic carbocycles. The van der Waals surface area contributed by atoms with Crippen LogP contribution in [0.4, 0.5) is 0 Å². The summed E-state index contributed by atoms with van der Waals surface area (Å²) in [5.41, 5.74) is -1.06. The van der Waals surface area contributed by atoms with Crippen molar-refractivity contribution in [3.8, 4) is 0 Å². The minimum Gasteiger partial charge on any atom is -0.480 e. The molecule has 0 bridgehead atoms. The maximum absolute atomic E-state index is 11.7. The zero-order valence-electron chi connectivity index (χ0n) is 9.38. The Hall–Kier alpha value is -1.06. The van der Waals surface area contributed by atoms with Crippen LogP contribution in [-0.2, 0) is 9.59 Å². The summed E-state index contributed by atoms with van der Waals surface area (Å²) >= 11 is 0. The minimum absolute atomic E-state index is 0.0434. The summed E-state index contributed by atoms with van der Waals surface area (Å²) in [6, 6.07) is 0. The number of carbonyl (C=O) groups excluding carboxylic acids is 1. The Morgan fingerprint density at radius 3 is 2.13 bits per heavy atom. The van der Waals surface area contributed by atoms with E-state index < -0.39 is 11.5 Å². The van der Waals surface area contributed by atoms with Crippen molar-refractivity contribution in [2.24, 2.45) is 5.92 Å². The van der Waals surface area contributed by atoms with E-state index >= 15 is 0 Å². The van der Waals surface area contributed by atoms with Gasteiger partial charge in [0.2, 0.25) is 5.91 Å². The summed E-state index contributed by atoms with van der Waals surface area (Å²) in [5, 5.41) is 11.8. The number of carbonyl (C=O) groups is 2. The molecule has 1 rings (SSSR count). The third-order valence-electron chi connectivity index (χ3n) is 3.45. The lowest BCUT2D eigenvalue weighted by Gasteiger charge is -2.32. The molecule has 0 radical (unpaired) electrons. The Kier molecular flexibility index (Phi) is 3.72. The molecule has 0 spiro atoms. The normalized spacial score (nSPS) is 16.9. The van der Waals surface area contributed by atoms with Gasteiger partial charge >= 0.3 is 5.97 Å². The van der Waals surface area contributed by atoms with Gasteiger partial charge in [0, 0.05) is 5.92 Å². The van der Waals surface area contributed by atoms with Gasteiger partial charge in [0.05, 0.1) is 0 Å². The fourth-order valence-electron chi connectivity index (χ4n) is 1.79. The highest BCUT2D eigenvalue weighted by Crippen LogP contribution is 2.27. The van der Waals surface area contributed by atoms with Crippen molar-refractivity contribution in [3.63, 3.8) is 0 Å². The van der Waals surface area contributed by atoms with Gasteiger partial charge in [-0.15, -0.1) is 0 Å². The number of carboxylic acid groups (broad SMARTS) is 1. The molecule has 0 unspecified atom stereocenters. The molecule has 4 heteroatoms. The van der Waals surface area contributed by atoms with Gasteiger partial charge in [-0.2, -0.15) is 0 Å². The van der Waals surface area contributed by atoms with Crippen molar-refractivity contribution >= 4 is 11.9 Å². The summed E-state index contributed by atoms with van der Waals surface area (Å²) in [6.45, 7) is 3.58. The molecule has 0 aromatic rings. The molecule has 15 heavy (non-hydrogen) atoms. The van der Waals surface area contributed by atoms with Crippen LogP contribution in [-0.4, -0.2) is 22.5 Å². The van der Waals surface area contributed by atoms with Crippen LogP contribution in [0.3, 0.4) is 0 Å². The Bertz CT molecular complexity index is 255. The summed E-state index contributed by atoms with van der Waals surface area (Å²) < 4.78 is 0. The van der Waals surface area contributed by atoms with Gasteiger partial charge in [-0.1, -0.05) is 20.3 Å². The highest BCUT2D eigenvalue weighted by molar-refractivity contribution is 5.88. The lowest BCUT2D eigenvalue weighted by molar-refractivity contribution is -0.149. The van der Waals surface area contributed by atoms with E-state index in [1.165, 1.54) is 0 Å². The Morgan fingerprint density at radius 1 is 1.33 bits per heavy atom. The van der Waals surface area contributed by atoms with Gasteiger partial charge < -0.3 is 10.4 Å². The molecule has 1 aliphatic rings. The van der Waals surface area contributed by atoms with Crippen molar-refractivity contribution in [1.82, 2.24) is 5.32 Å². The molecule has 1 fully saturated rings. The van der Waals surface area contributed by atoms with Crippen molar-refractivity contribution in [3.05, 3.63) is 0 Å². The molecule has 1 saturated carbocycles. The van der Waals surface area contributed by atoms with Crippen LogP contribution in [0.15, 0.2) is 0 Å². The smallest absolute Gasteiger partial charge is 0.329 e. The fourth-order valence-corrected chi connectivity index (χ4v) is 1.79. The van der Waals surface area contributed by atoms with Crippen molar-refractivity contribution in [1.29, 1.82) is 0 Å². The van der Waals surface area contributed by atoms with E-state index in [9.17, 15) is 9.59 Å². The highest BCUT2D eigenvalue weighted by atomic mass is 16.4. The summed E-state index contributed by atoms with van der Waals surface area (Å²) in [4.78, 5) is 22.8. The number of hydrogen-bond donors (Lipinski definition) is 2. The molecular formula is C11H19NO3. The number of amides is 1. The van der Waals surface area contributed by atoms with E-state index in [1.54, 1.807) is 13.8 Å². The van der Waals surface area contributed by atoms with Crippen LogP contribution in [0.1, 0.15) is 46.0 Å². The second kappa shape index (κ2) is 4.64. The lowest BCUT2D eigenvalue weighted by atomic mass is 9.83. The lowest BCUT2D eigenvalue weighted by Crippen LogP contribution is -2.55. The molecule has 1 amide bonds. The van der Waals surface area contributed by atoms with Gasteiger partial charge in [-0.3, -0.25) is 4.79 Å². The summed E-state index contributed by atoms with van der Waals surface area (Å²) in [5.74, 6) is -0.977. The molecule has 0 aromatic carbocycles. The second-order valence-electron chi connectivity index (χ2n) is 4.21. The van der Waals surface area contributed by atoms with E-state index in [1.807, 2.05) is 0 Å². The number of aliphatic carboxylic acids is 1. The third-order valence-corrected chi connectivity index (χ3v) is 3.45. The molecule has 86 valence electrons. The first-order valence-electron chi connectivity index (χ1n) is 5.61. The first kappa shape index (κ1) is 12.0. The van der Waals surface area contributed by atoms with Crippen molar-refractivity contribution < 1.29 is 14.7 Å². The monoisotopic (exact) mass is 213 g/mol. The molecule has 4 nitrogen and oxygen atoms in total. The predicted molar refractivity (Wildman–Crippen MR) is 56.4 cm³/mol. The van der Waals surface area contributed by atoms with Crippen LogP contribution < -0.4 is 5.32 Å². The average Bonchev–Trinajstić information content (AvgIpc) is 2.11. The number of nitrogens with one attached hydrogen (secondary N) is 1. The Morgan fingerprint density at radius 2 is 1.87 bits per heavy atom. The highest BCUT2D eigenvalue weighted by Gasteiger charge is 2.38. The minimum atomic E-state index is -1.06. The third kappa shape index (κ3) is 2.30. The standard InChI is InChI=1S/C11H19NO3/c1-3-11(4-2,10(14)15)12-9(13)8-6-5-7-8/h8H,3-7H2,1-2H3,(H,12,13)(H,14,15). The largest absolute Gasteiger partial charge is 0.480 e. The van der Waals surface area contributed by atoms with E-state index in [2.05, 4.69) is 5.32 Å². The molecule has 0 saturated heterocycles. The number of rotatable bonds is 5. The van der Waals surface area contributed by atoms with E-state index in [4.69, 9.17) is 5.11 Å². The average molecular weight is 213 g/mol. The van der Waals surface area contributed by atoms with Gasteiger partial charge in [0.25, 0.3) is 0 Å². The number of carboxylic acids is 1. The van der Waals surface area contributed by atoms with Crippen LogP contribution in [0, 0.1) is 5.92 Å². The Balaban J connectivity index is 2.64. The van der Waals surface area contributed by atoms with Gasteiger partial charge in [0.15, 0.2) is 0 Å². The Labute approximate surface area is 90.0 Å². The van der Waals surface area contributed by atoms with Gasteiger partial charge in [-0.25, -0.2) is 4.79 Å². The zero-order valence-corrected chi connectivity index (χ0v) is 9.38. The van der Waals surface area contributed by atoms with Crippen LogP contribution >= 0.6 is 0 Å². The molecule has 2 N–H and O–H groups in total. The molecule has 0 aliphatic heterocycles. The maximum Gasteiger partial charge on any atom is 0.329 e.